The Balaban J connectivity index is 3.53. The van der Waals surface area contributed by atoms with Crippen LogP contribution in [0.5, 0.6) is 0 Å². The van der Waals surface area contributed by atoms with E-state index in [9.17, 15) is 16.8 Å². The largest absolute Gasteiger partial charge is 0.270 e. The van der Waals surface area contributed by atoms with Gasteiger partial charge < -0.3 is 0 Å². The quantitative estimate of drug-likeness (QED) is 0.426. The van der Waals surface area contributed by atoms with E-state index in [0.29, 0.717) is 12.8 Å². The lowest BCUT2D eigenvalue weighted by Gasteiger charge is -2.08. The van der Waals surface area contributed by atoms with E-state index in [1.54, 1.807) is 13.8 Å². The van der Waals surface area contributed by atoms with Gasteiger partial charge in [-0.25, -0.2) is 0 Å². The number of rotatable bonds is 11. The third-order valence-electron chi connectivity index (χ3n) is 2.48. The molecule has 19 heavy (non-hydrogen) atoms. The van der Waals surface area contributed by atoms with Crippen LogP contribution in [0.3, 0.4) is 0 Å². The molecule has 0 amide bonds. The molecule has 0 bridgehead atoms. The highest BCUT2D eigenvalue weighted by molar-refractivity contribution is 7.87. The minimum Gasteiger partial charge on any atom is -0.270 e. The van der Waals surface area contributed by atoms with Gasteiger partial charge in [0.15, 0.2) is 0 Å². The summed E-state index contributed by atoms with van der Waals surface area (Å²) in [4.78, 5) is 0. The third-order valence-corrected chi connectivity index (χ3v) is 5.36. The second kappa shape index (κ2) is 8.89. The van der Waals surface area contributed by atoms with Crippen LogP contribution in [-0.2, 0) is 28.6 Å². The molecule has 0 rings (SSSR count). The molecular formula is C11H24O6S2. The average Bonchev–Trinajstić information content (AvgIpc) is 2.32. The lowest BCUT2D eigenvalue weighted by molar-refractivity contribution is 0.288. The second-order valence-electron chi connectivity index (χ2n) is 4.45. The topological polar surface area (TPSA) is 86.7 Å². The maximum atomic E-state index is 11.3. The normalized spacial score (nSPS) is 13.1. The van der Waals surface area contributed by atoms with Crippen LogP contribution in [0.2, 0.25) is 0 Å². The van der Waals surface area contributed by atoms with Crippen LogP contribution in [0.15, 0.2) is 0 Å². The molecule has 0 aliphatic rings. The van der Waals surface area contributed by atoms with Crippen molar-refractivity contribution in [3.8, 4) is 0 Å². The van der Waals surface area contributed by atoms with E-state index >= 15 is 0 Å². The Morgan fingerprint density at radius 3 is 1.74 bits per heavy atom. The summed E-state index contributed by atoms with van der Waals surface area (Å²) in [5.41, 5.74) is 0. The van der Waals surface area contributed by atoms with Gasteiger partial charge in [-0.15, -0.1) is 0 Å². The zero-order chi connectivity index (χ0) is 14.9. The van der Waals surface area contributed by atoms with Crippen LogP contribution in [0.4, 0.5) is 0 Å². The number of hydrogen-bond donors (Lipinski definition) is 0. The van der Waals surface area contributed by atoms with Gasteiger partial charge in [0, 0.05) is 0 Å². The fourth-order valence-electron chi connectivity index (χ4n) is 1.14. The molecule has 0 unspecified atom stereocenters. The van der Waals surface area contributed by atoms with Crippen molar-refractivity contribution in [2.75, 3.05) is 19.0 Å². The molecule has 0 N–H and O–H groups in total. The summed E-state index contributed by atoms with van der Waals surface area (Å²) in [6.07, 6.45) is 2.83. The zero-order valence-electron chi connectivity index (χ0n) is 11.8. The monoisotopic (exact) mass is 316 g/mol. The van der Waals surface area contributed by atoms with Crippen molar-refractivity contribution in [2.45, 2.75) is 51.7 Å². The molecule has 0 heterocycles. The molecule has 0 aliphatic carbocycles. The molecule has 0 aromatic heterocycles. The highest BCUT2D eigenvalue weighted by Gasteiger charge is 2.15. The number of hydrogen-bond acceptors (Lipinski definition) is 6. The Bertz CT molecular complexity index is 424. The van der Waals surface area contributed by atoms with E-state index in [0.717, 1.165) is 12.8 Å². The average molecular weight is 316 g/mol. The molecule has 0 aromatic carbocycles. The molecule has 0 saturated carbocycles. The summed E-state index contributed by atoms with van der Waals surface area (Å²) >= 11 is 0. The van der Waals surface area contributed by atoms with Crippen molar-refractivity contribution >= 4 is 20.2 Å². The first-order valence-corrected chi connectivity index (χ1v) is 9.51. The van der Waals surface area contributed by atoms with Crippen LogP contribution in [0.1, 0.15) is 46.5 Å². The predicted molar refractivity (Wildman–Crippen MR) is 73.9 cm³/mol. The summed E-state index contributed by atoms with van der Waals surface area (Å²) in [5, 5.41) is -0.528. The molecule has 0 aromatic rings. The van der Waals surface area contributed by atoms with Crippen LogP contribution in [-0.4, -0.2) is 41.1 Å². The highest BCUT2D eigenvalue weighted by atomic mass is 32.2. The Morgan fingerprint density at radius 1 is 0.842 bits per heavy atom. The van der Waals surface area contributed by atoms with E-state index in [2.05, 4.69) is 0 Å². The predicted octanol–water partition coefficient (Wildman–Crippen LogP) is 1.67. The van der Waals surface area contributed by atoms with Crippen molar-refractivity contribution < 1.29 is 25.2 Å². The smallest absolute Gasteiger partial charge is 0.269 e. The summed E-state index contributed by atoms with van der Waals surface area (Å²) < 4.78 is 54.1. The van der Waals surface area contributed by atoms with Crippen molar-refractivity contribution in [1.29, 1.82) is 0 Å². The molecule has 0 atom stereocenters. The summed E-state index contributed by atoms with van der Waals surface area (Å²) in [7, 11) is -6.77. The van der Waals surface area contributed by atoms with Gasteiger partial charge in [-0.1, -0.05) is 12.8 Å². The van der Waals surface area contributed by atoms with Crippen LogP contribution < -0.4 is 0 Å². The summed E-state index contributed by atoms with van der Waals surface area (Å²) in [6.45, 7) is 5.03. The molecule has 0 saturated heterocycles. The maximum absolute atomic E-state index is 11.3. The van der Waals surface area contributed by atoms with Crippen molar-refractivity contribution in [3.05, 3.63) is 0 Å². The Hall–Kier alpha value is -0.180. The third kappa shape index (κ3) is 9.37. The van der Waals surface area contributed by atoms with Gasteiger partial charge in [0.1, 0.15) is 0 Å². The minimum absolute atomic E-state index is 0.0199. The molecule has 6 nitrogen and oxygen atoms in total. The van der Waals surface area contributed by atoms with Crippen LogP contribution in [0.25, 0.3) is 0 Å². The van der Waals surface area contributed by atoms with Crippen LogP contribution in [0, 0.1) is 0 Å². The van der Waals surface area contributed by atoms with Gasteiger partial charge in [0.2, 0.25) is 0 Å². The maximum Gasteiger partial charge on any atom is 0.269 e. The summed E-state index contributed by atoms with van der Waals surface area (Å²) in [5.74, 6) is -0.0199. The van der Waals surface area contributed by atoms with Gasteiger partial charge in [0.25, 0.3) is 20.2 Å². The molecule has 0 spiro atoms. The molecule has 0 fully saturated rings. The van der Waals surface area contributed by atoms with Gasteiger partial charge in [0.05, 0.1) is 24.2 Å². The van der Waals surface area contributed by atoms with E-state index < -0.39 is 25.5 Å². The van der Waals surface area contributed by atoms with Crippen molar-refractivity contribution in [2.24, 2.45) is 0 Å². The molecular weight excluding hydrogens is 292 g/mol. The number of unbranched alkanes of at least 4 members (excludes halogenated alkanes) is 3. The Kier molecular flexibility index (Phi) is 8.80. The lowest BCUT2D eigenvalue weighted by atomic mass is 10.2. The van der Waals surface area contributed by atoms with E-state index in [1.165, 1.54) is 6.92 Å². The van der Waals surface area contributed by atoms with Crippen molar-refractivity contribution in [3.63, 3.8) is 0 Å². The highest BCUT2D eigenvalue weighted by Crippen LogP contribution is 2.06. The van der Waals surface area contributed by atoms with Gasteiger partial charge >= 0.3 is 0 Å². The lowest BCUT2D eigenvalue weighted by Crippen LogP contribution is -2.17. The van der Waals surface area contributed by atoms with Gasteiger partial charge in [-0.2, -0.15) is 16.8 Å². The zero-order valence-corrected chi connectivity index (χ0v) is 13.4. The fourth-order valence-corrected chi connectivity index (χ4v) is 2.30. The van der Waals surface area contributed by atoms with E-state index in [-0.39, 0.29) is 19.0 Å². The SMILES string of the molecule is CCS(=O)(=O)OCCCCCCOS(=O)(=O)C(C)C. The van der Waals surface area contributed by atoms with Crippen LogP contribution >= 0.6 is 0 Å². The first-order valence-electron chi connectivity index (χ1n) is 6.46. The first-order chi connectivity index (χ1) is 8.71. The Labute approximate surface area is 116 Å². The molecule has 0 aliphatic heterocycles. The van der Waals surface area contributed by atoms with Crippen molar-refractivity contribution in [1.82, 2.24) is 0 Å². The Morgan fingerprint density at radius 2 is 1.32 bits per heavy atom. The molecule has 8 heteroatoms. The second-order valence-corrected chi connectivity index (χ2v) is 8.54. The first kappa shape index (κ1) is 18.8. The van der Waals surface area contributed by atoms with Gasteiger partial charge in [-0.05, 0) is 33.6 Å². The van der Waals surface area contributed by atoms with E-state index in [1.807, 2.05) is 0 Å². The molecule has 116 valence electrons. The molecule has 0 radical (unpaired) electrons. The van der Waals surface area contributed by atoms with E-state index in [4.69, 9.17) is 8.37 Å². The minimum atomic E-state index is -3.42. The standard InChI is InChI=1S/C11H24O6S2/c1-4-18(12,13)16-9-7-5-6-8-10-17-19(14,15)11(2)3/h11H,4-10H2,1-3H3. The fraction of sp³-hybridized carbons (Fsp3) is 1.00. The summed E-state index contributed by atoms with van der Waals surface area (Å²) in [6, 6.07) is 0. The van der Waals surface area contributed by atoms with Gasteiger partial charge in [-0.3, -0.25) is 8.37 Å².